The van der Waals surface area contributed by atoms with Crippen molar-refractivity contribution < 1.29 is 14.0 Å². The molecule has 1 saturated heterocycles. The van der Waals surface area contributed by atoms with E-state index in [0.717, 1.165) is 16.7 Å². The minimum atomic E-state index is -0.422. The molecule has 1 N–H and O–H groups in total. The van der Waals surface area contributed by atoms with Gasteiger partial charge in [-0.15, -0.1) is 11.8 Å². The monoisotopic (exact) mass is 420 g/mol. The topological polar surface area (TPSA) is 49.4 Å². The highest BCUT2D eigenvalue weighted by atomic mass is 32.2. The van der Waals surface area contributed by atoms with Gasteiger partial charge >= 0.3 is 0 Å². The van der Waals surface area contributed by atoms with Gasteiger partial charge in [0.25, 0.3) is 0 Å². The van der Waals surface area contributed by atoms with Gasteiger partial charge in [-0.1, -0.05) is 48.5 Å². The van der Waals surface area contributed by atoms with E-state index < -0.39 is 5.82 Å². The van der Waals surface area contributed by atoms with Crippen LogP contribution >= 0.6 is 11.8 Å². The molecule has 0 spiro atoms. The Balaban J connectivity index is 1.56. The van der Waals surface area contributed by atoms with Crippen molar-refractivity contribution in [1.82, 2.24) is 0 Å². The number of hydrogen-bond acceptors (Lipinski definition) is 3. The van der Waals surface area contributed by atoms with Crippen molar-refractivity contribution in [2.45, 2.75) is 18.7 Å². The molecule has 1 fully saturated rings. The Labute approximate surface area is 179 Å². The molecule has 1 unspecified atom stereocenters. The highest BCUT2D eigenvalue weighted by molar-refractivity contribution is 8.00. The molecule has 6 heteroatoms. The van der Waals surface area contributed by atoms with E-state index in [1.54, 1.807) is 12.1 Å². The van der Waals surface area contributed by atoms with Crippen molar-refractivity contribution in [1.29, 1.82) is 0 Å². The summed E-state index contributed by atoms with van der Waals surface area (Å²) in [5, 5.41) is 2.57. The van der Waals surface area contributed by atoms with Gasteiger partial charge < -0.3 is 5.32 Å². The van der Waals surface area contributed by atoms with Crippen molar-refractivity contribution in [3.05, 3.63) is 95.3 Å². The molecular weight excluding hydrogens is 399 g/mol. The number of carbonyl (C=O) groups excluding carboxylic acids is 2. The molecule has 1 aliphatic heterocycles. The van der Waals surface area contributed by atoms with Gasteiger partial charge in [-0.2, -0.15) is 0 Å². The number of benzene rings is 3. The van der Waals surface area contributed by atoms with E-state index in [9.17, 15) is 14.0 Å². The normalized spacial score (nSPS) is 16.0. The largest absolute Gasteiger partial charge is 0.326 e. The second-order valence-corrected chi connectivity index (χ2v) is 8.29. The molecule has 0 aliphatic carbocycles. The van der Waals surface area contributed by atoms with E-state index in [-0.39, 0.29) is 35.0 Å². The third-order valence-corrected chi connectivity index (χ3v) is 6.10. The number of nitrogens with zero attached hydrogens (tertiary/aromatic N) is 1. The molecule has 0 radical (unpaired) electrons. The minimum absolute atomic E-state index is 0.116. The Hall–Kier alpha value is -3.12. The predicted octanol–water partition coefficient (Wildman–Crippen LogP) is 5.09. The molecule has 4 nitrogen and oxygen atoms in total. The van der Waals surface area contributed by atoms with E-state index in [1.165, 1.54) is 22.7 Å². The quantitative estimate of drug-likeness (QED) is 0.625. The Kier molecular flexibility index (Phi) is 5.86. The Morgan fingerprint density at radius 3 is 2.70 bits per heavy atom. The molecule has 0 saturated carbocycles. The molecular formula is C24H21FN2O2S. The number of aryl methyl sites for hydroxylation is 1. The van der Waals surface area contributed by atoms with E-state index in [2.05, 4.69) is 5.32 Å². The molecule has 30 heavy (non-hydrogen) atoms. The lowest BCUT2D eigenvalue weighted by Gasteiger charge is -2.25. The van der Waals surface area contributed by atoms with Crippen molar-refractivity contribution in [3.8, 4) is 0 Å². The molecule has 152 valence electrons. The van der Waals surface area contributed by atoms with E-state index >= 15 is 0 Å². The number of carbonyl (C=O) groups is 2. The van der Waals surface area contributed by atoms with Gasteiger partial charge in [0.15, 0.2) is 0 Å². The maximum absolute atomic E-state index is 14.5. The smallest absolute Gasteiger partial charge is 0.238 e. The van der Waals surface area contributed by atoms with E-state index in [0.29, 0.717) is 5.69 Å². The number of hydrogen-bond donors (Lipinski definition) is 1. The second-order valence-electron chi connectivity index (χ2n) is 7.22. The molecule has 1 atom stereocenters. The van der Waals surface area contributed by atoms with Crippen LogP contribution < -0.4 is 10.2 Å². The summed E-state index contributed by atoms with van der Waals surface area (Å²) in [7, 11) is 0. The fourth-order valence-electron chi connectivity index (χ4n) is 3.49. The van der Waals surface area contributed by atoms with Crippen LogP contribution in [0.25, 0.3) is 0 Å². The summed E-state index contributed by atoms with van der Waals surface area (Å²) in [6, 6.07) is 21.7. The highest BCUT2D eigenvalue weighted by Crippen LogP contribution is 2.43. The van der Waals surface area contributed by atoms with Crippen molar-refractivity contribution in [3.63, 3.8) is 0 Å². The number of anilines is 2. The first-order chi connectivity index (χ1) is 14.5. The second kappa shape index (κ2) is 8.71. The summed E-state index contributed by atoms with van der Waals surface area (Å²) in [5.74, 6) is -0.389. The molecule has 1 aliphatic rings. The molecule has 1 heterocycles. The number of rotatable bonds is 5. The standard InChI is InChI=1S/C24H21FN2O2S/c1-16-10-11-20(25)21(12-16)27-23(29)15-30-24(27)18-8-5-9-19(14-18)26-22(28)13-17-6-3-2-4-7-17/h2-12,14,24H,13,15H2,1H3,(H,26,28). The van der Waals surface area contributed by atoms with Crippen LogP contribution in [0.5, 0.6) is 0 Å². The van der Waals surface area contributed by atoms with Crippen LogP contribution in [0.15, 0.2) is 72.8 Å². The highest BCUT2D eigenvalue weighted by Gasteiger charge is 2.35. The van der Waals surface area contributed by atoms with E-state index in [1.807, 2.05) is 61.5 Å². The molecule has 4 rings (SSSR count). The maximum Gasteiger partial charge on any atom is 0.238 e. The average Bonchev–Trinajstić information content (AvgIpc) is 3.12. The fourth-order valence-corrected chi connectivity index (χ4v) is 4.65. The van der Waals surface area contributed by atoms with Gasteiger partial charge in [0.2, 0.25) is 11.8 Å². The molecule has 3 aromatic carbocycles. The van der Waals surface area contributed by atoms with Crippen molar-refractivity contribution in [2.24, 2.45) is 0 Å². The Bertz CT molecular complexity index is 1090. The van der Waals surface area contributed by atoms with Crippen LogP contribution in [-0.4, -0.2) is 17.6 Å². The van der Waals surface area contributed by atoms with Crippen LogP contribution in [0, 0.1) is 12.7 Å². The molecule has 3 aromatic rings. The summed E-state index contributed by atoms with van der Waals surface area (Å²) in [5.41, 5.74) is 3.59. The third kappa shape index (κ3) is 4.39. The Morgan fingerprint density at radius 1 is 1.10 bits per heavy atom. The van der Waals surface area contributed by atoms with Gasteiger partial charge in [-0.25, -0.2) is 4.39 Å². The summed E-state index contributed by atoms with van der Waals surface area (Å²) >= 11 is 1.45. The first-order valence-corrected chi connectivity index (χ1v) is 10.7. The zero-order valence-corrected chi connectivity index (χ0v) is 17.3. The first kappa shape index (κ1) is 20.2. The van der Waals surface area contributed by atoms with Crippen molar-refractivity contribution >= 4 is 35.0 Å². The number of nitrogens with one attached hydrogen (secondary N) is 1. The van der Waals surface area contributed by atoms with Crippen LogP contribution in [0.3, 0.4) is 0 Å². The number of halogens is 1. The summed E-state index contributed by atoms with van der Waals surface area (Å²) in [4.78, 5) is 26.5. The van der Waals surface area contributed by atoms with Gasteiger partial charge in [0, 0.05) is 5.69 Å². The fraction of sp³-hybridized carbons (Fsp3) is 0.167. The van der Waals surface area contributed by atoms with Crippen LogP contribution in [0.1, 0.15) is 22.1 Å². The Morgan fingerprint density at radius 2 is 1.90 bits per heavy atom. The molecule has 0 bridgehead atoms. The maximum atomic E-state index is 14.5. The lowest BCUT2D eigenvalue weighted by Crippen LogP contribution is -2.28. The lowest BCUT2D eigenvalue weighted by atomic mass is 10.1. The number of thioether (sulfide) groups is 1. The SMILES string of the molecule is Cc1ccc(F)c(N2C(=O)CSC2c2cccc(NC(=O)Cc3ccccc3)c2)c1. The zero-order valence-electron chi connectivity index (χ0n) is 16.5. The van der Waals surface area contributed by atoms with Crippen LogP contribution in [0.2, 0.25) is 0 Å². The van der Waals surface area contributed by atoms with Gasteiger partial charge in [-0.05, 0) is 47.9 Å². The first-order valence-electron chi connectivity index (χ1n) is 9.65. The molecule has 0 aromatic heterocycles. The summed E-state index contributed by atoms with van der Waals surface area (Å²) in [6.45, 7) is 1.87. The zero-order chi connectivity index (χ0) is 21.1. The number of amides is 2. The average molecular weight is 421 g/mol. The predicted molar refractivity (Wildman–Crippen MR) is 119 cm³/mol. The van der Waals surface area contributed by atoms with Gasteiger partial charge in [0.05, 0.1) is 17.9 Å². The van der Waals surface area contributed by atoms with Crippen LogP contribution in [-0.2, 0) is 16.0 Å². The minimum Gasteiger partial charge on any atom is -0.326 e. The van der Waals surface area contributed by atoms with Gasteiger partial charge in [-0.3, -0.25) is 14.5 Å². The van der Waals surface area contributed by atoms with E-state index in [4.69, 9.17) is 0 Å². The van der Waals surface area contributed by atoms with Crippen LogP contribution in [0.4, 0.5) is 15.8 Å². The summed E-state index contributed by atoms with van der Waals surface area (Å²) < 4.78 is 14.5. The summed E-state index contributed by atoms with van der Waals surface area (Å²) in [6.07, 6.45) is 0.280. The van der Waals surface area contributed by atoms with Crippen molar-refractivity contribution in [2.75, 3.05) is 16.0 Å². The lowest BCUT2D eigenvalue weighted by molar-refractivity contribution is -0.116. The van der Waals surface area contributed by atoms with Gasteiger partial charge in [0.1, 0.15) is 11.2 Å². The molecule has 2 amide bonds. The third-order valence-electron chi connectivity index (χ3n) is 4.89.